The number of nitrogens with one attached hydrogen (secondary N) is 1. The van der Waals surface area contributed by atoms with Gasteiger partial charge in [0.05, 0.1) is 52.7 Å². The largest absolute Gasteiger partial charge is 0.504 e. The number of carbonyl (C=O) groups is 3. The van der Waals surface area contributed by atoms with Crippen molar-refractivity contribution in [3.05, 3.63) is 46.0 Å². The number of amides is 2. The van der Waals surface area contributed by atoms with Gasteiger partial charge in [-0.15, -0.1) is 0 Å². The minimum Gasteiger partial charge on any atom is -0.504 e. The number of aldehydes is 1. The molecule has 0 radical (unpaired) electrons. The van der Waals surface area contributed by atoms with Gasteiger partial charge in [-0.05, 0) is 124 Å². The number of aromatic hydroxyl groups is 2. The SMILES string of the molecule is CC(C)(C)OC(=O)N1[C@H](C=O)COC1(C)C.COc1c(C)cc(C[C@H](N)CO)cc1O.COc1c(C)cc2c(c1O)C(C1COC(C)(C)N1C(=O)OC(C)(C)C)N[C@H](CO)C2. The van der Waals surface area contributed by atoms with Gasteiger partial charge >= 0.3 is 12.2 Å². The topological polar surface area (TPSA) is 232 Å². The van der Waals surface area contributed by atoms with Gasteiger partial charge in [0, 0.05) is 17.6 Å². The van der Waals surface area contributed by atoms with Crippen molar-refractivity contribution in [2.75, 3.05) is 40.6 Å². The molecule has 3 aliphatic rings. The van der Waals surface area contributed by atoms with E-state index in [1.165, 1.54) is 19.1 Å². The number of hydrogen-bond donors (Lipinski definition) is 6. The molecule has 2 aromatic carbocycles. The van der Waals surface area contributed by atoms with E-state index < -0.39 is 53.0 Å². The average Bonchev–Trinajstić information content (AvgIpc) is 3.63. The fraction of sp³-hybridized carbons (Fsp3) is 0.659. The lowest BCUT2D eigenvalue weighted by Gasteiger charge is -2.41. The molecule has 0 bridgehead atoms. The molecule has 0 spiro atoms. The zero-order valence-electron chi connectivity index (χ0n) is 38.4. The lowest BCUT2D eigenvalue weighted by atomic mass is 9.84. The van der Waals surface area contributed by atoms with Crippen LogP contribution >= 0.6 is 0 Å². The summed E-state index contributed by atoms with van der Waals surface area (Å²) in [7, 11) is 3.03. The highest BCUT2D eigenvalue weighted by Gasteiger charge is 2.51. The fourth-order valence-electron chi connectivity index (χ4n) is 7.64. The second-order valence-electron chi connectivity index (χ2n) is 18.5. The van der Waals surface area contributed by atoms with Crippen molar-refractivity contribution in [2.24, 2.45) is 5.73 Å². The first-order valence-electron chi connectivity index (χ1n) is 20.4. The van der Waals surface area contributed by atoms with Gasteiger partial charge in [-0.2, -0.15) is 0 Å². The maximum Gasteiger partial charge on any atom is 0.413 e. The number of aliphatic hydroxyl groups excluding tert-OH is 2. The Balaban J connectivity index is 0.000000270. The summed E-state index contributed by atoms with van der Waals surface area (Å²) in [5.41, 5.74) is 6.85. The van der Waals surface area contributed by atoms with E-state index in [0.29, 0.717) is 36.2 Å². The van der Waals surface area contributed by atoms with Gasteiger partial charge in [-0.3, -0.25) is 9.80 Å². The van der Waals surface area contributed by atoms with Crippen molar-refractivity contribution >= 4 is 18.5 Å². The van der Waals surface area contributed by atoms with Crippen molar-refractivity contribution in [2.45, 2.75) is 149 Å². The summed E-state index contributed by atoms with van der Waals surface area (Å²) in [6.07, 6.45) is 0.799. The van der Waals surface area contributed by atoms with Crippen LogP contribution in [0, 0.1) is 13.8 Å². The number of aryl methyl sites for hydroxylation is 2. The molecule has 5 rings (SSSR count). The van der Waals surface area contributed by atoms with E-state index in [1.54, 1.807) is 45.6 Å². The zero-order valence-corrected chi connectivity index (χ0v) is 38.4. The maximum absolute atomic E-state index is 13.1. The molecule has 2 aromatic rings. The Hall–Kier alpha value is -4.39. The molecule has 0 saturated carbocycles. The molecule has 2 unspecified atom stereocenters. The van der Waals surface area contributed by atoms with Gasteiger partial charge in [0.15, 0.2) is 23.0 Å². The first-order chi connectivity index (χ1) is 28.1. The van der Waals surface area contributed by atoms with E-state index in [0.717, 1.165) is 22.3 Å². The van der Waals surface area contributed by atoms with E-state index in [1.807, 2.05) is 60.6 Å². The molecule has 2 fully saturated rings. The van der Waals surface area contributed by atoms with Crippen LogP contribution < -0.4 is 20.5 Å². The summed E-state index contributed by atoms with van der Waals surface area (Å²) in [6.45, 7) is 22.0. The van der Waals surface area contributed by atoms with Crippen molar-refractivity contribution < 1.29 is 63.2 Å². The van der Waals surface area contributed by atoms with Gasteiger partial charge < -0.3 is 64.7 Å². The predicted molar refractivity (Wildman–Crippen MR) is 228 cm³/mol. The molecule has 3 aliphatic heterocycles. The standard InChI is InChI=1S/C22H34N2O6.C11H19NO4.C11H17NO3/c1-12-8-13-9-14(10-25)23-17(16(13)18(26)19(12)28-7)15-11-29-22(5,6)24(15)20(27)30-21(2,3)4;1-10(2,3)16-9(14)12-8(6-13)7-15-11(12,4)5;1-7-3-8(4-9(12)6-13)5-10(14)11(7)15-2/h8,14-15,17,23,25-26H,9-11H2,1-7H3;6,8H,7H2,1-5H3;3,5,9,13-14H,4,6,12H2,1-2H3/t14-,15?,17?;8-;9-/m010/s1. The summed E-state index contributed by atoms with van der Waals surface area (Å²) in [5.74, 6) is 1.05. The summed E-state index contributed by atoms with van der Waals surface area (Å²) < 4.78 is 32.7. The number of phenols is 2. The molecule has 0 aromatic heterocycles. The van der Waals surface area contributed by atoms with Crippen LogP contribution in [-0.4, -0.2) is 136 Å². The number of rotatable bonds is 8. The summed E-state index contributed by atoms with van der Waals surface area (Å²) in [4.78, 5) is 38.8. The predicted octanol–water partition coefficient (Wildman–Crippen LogP) is 4.76. The molecule has 17 heteroatoms. The van der Waals surface area contributed by atoms with E-state index in [2.05, 4.69) is 5.32 Å². The van der Waals surface area contributed by atoms with Crippen LogP contribution in [0.1, 0.15) is 103 Å². The summed E-state index contributed by atoms with van der Waals surface area (Å²) in [6, 6.07) is 3.51. The highest BCUT2D eigenvalue weighted by molar-refractivity contribution is 5.75. The number of phenolic OH excluding ortho intramolecular Hbond substituents is 2. The van der Waals surface area contributed by atoms with Crippen LogP contribution in [0.15, 0.2) is 18.2 Å². The molecular formula is C44H70N4O13. The van der Waals surface area contributed by atoms with Crippen LogP contribution in [0.2, 0.25) is 0 Å². The minimum absolute atomic E-state index is 0.0511. The lowest BCUT2D eigenvalue weighted by Crippen LogP contribution is -2.56. The molecule has 344 valence electrons. The number of carbonyl (C=O) groups excluding carboxylic acids is 3. The first kappa shape index (κ1) is 51.0. The second-order valence-corrected chi connectivity index (χ2v) is 18.5. The number of benzene rings is 2. The highest BCUT2D eigenvalue weighted by atomic mass is 16.6. The third-order valence-corrected chi connectivity index (χ3v) is 10.2. The monoisotopic (exact) mass is 862 g/mol. The van der Waals surface area contributed by atoms with Crippen LogP contribution in [0.25, 0.3) is 0 Å². The third-order valence-electron chi connectivity index (χ3n) is 10.2. The van der Waals surface area contributed by atoms with Crippen LogP contribution in [0.5, 0.6) is 23.0 Å². The van der Waals surface area contributed by atoms with Crippen LogP contribution in [0.3, 0.4) is 0 Å². The molecule has 5 atom stereocenters. The van der Waals surface area contributed by atoms with Gasteiger partial charge in [0.1, 0.15) is 35.0 Å². The summed E-state index contributed by atoms with van der Waals surface area (Å²) in [5, 5.41) is 42.8. The molecule has 61 heavy (non-hydrogen) atoms. The Kier molecular flexibility index (Phi) is 16.9. The van der Waals surface area contributed by atoms with Crippen molar-refractivity contribution in [1.82, 2.24) is 15.1 Å². The molecule has 2 saturated heterocycles. The van der Waals surface area contributed by atoms with Crippen molar-refractivity contribution in [3.63, 3.8) is 0 Å². The molecular weight excluding hydrogens is 792 g/mol. The number of nitrogens with two attached hydrogens (primary N) is 1. The number of nitrogens with zero attached hydrogens (tertiary/aromatic N) is 2. The van der Waals surface area contributed by atoms with E-state index >= 15 is 0 Å². The quantitative estimate of drug-likeness (QED) is 0.197. The van der Waals surface area contributed by atoms with E-state index in [9.17, 15) is 29.7 Å². The Labute approximate surface area is 360 Å². The second kappa shape index (κ2) is 20.2. The van der Waals surface area contributed by atoms with Gasteiger partial charge in [-0.1, -0.05) is 12.1 Å². The zero-order chi connectivity index (χ0) is 46.4. The first-order valence-corrected chi connectivity index (χ1v) is 20.4. The van der Waals surface area contributed by atoms with E-state index in [4.69, 9.17) is 39.3 Å². The number of fused-ring (bicyclic) bond motifs is 1. The minimum atomic E-state index is -0.884. The lowest BCUT2D eigenvalue weighted by molar-refractivity contribution is -0.113. The van der Waals surface area contributed by atoms with Crippen molar-refractivity contribution in [1.29, 1.82) is 0 Å². The smallest absolute Gasteiger partial charge is 0.413 e. The highest BCUT2D eigenvalue weighted by Crippen LogP contribution is 2.46. The van der Waals surface area contributed by atoms with Gasteiger partial charge in [0.25, 0.3) is 0 Å². The molecule has 7 N–H and O–H groups in total. The summed E-state index contributed by atoms with van der Waals surface area (Å²) >= 11 is 0. The normalized spacial score (nSPS) is 22.1. The van der Waals surface area contributed by atoms with E-state index in [-0.39, 0.29) is 50.0 Å². The Morgan fingerprint density at radius 3 is 1.90 bits per heavy atom. The number of ether oxygens (including phenoxy) is 6. The molecule has 0 aliphatic carbocycles. The molecule has 3 heterocycles. The Morgan fingerprint density at radius 1 is 0.885 bits per heavy atom. The molecule has 2 amide bonds. The van der Waals surface area contributed by atoms with Gasteiger partial charge in [0.2, 0.25) is 0 Å². The number of methoxy groups -OCH3 is 2. The number of aliphatic hydroxyl groups is 2. The van der Waals surface area contributed by atoms with Crippen molar-refractivity contribution in [3.8, 4) is 23.0 Å². The maximum atomic E-state index is 13.1. The van der Waals surface area contributed by atoms with Gasteiger partial charge in [-0.25, -0.2) is 9.59 Å². The van der Waals surface area contributed by atoms with Crippen LogP contribution in [-0.2, 0) is 36.6 Å². The molecule has 17 nitrogen and oxygen atoms in total. The Bertz CT molecular complexity index is 1820. The fourth-order valence-corrected chi connectivity index (χ4v) is 7.64. The third kappa shape index (κ3) is 12.8. The Morgan fingerprint density at radius 2 is 1.41 bits per heavy atom. The average molecular weight is 863 g/mol. The number of hydrogen-bond acceptors (Lipinski definition) is 15. The van der Waals surface area contributed by atoms with Crippen LogP contribution in [0.4, 0.5) is 9.59 Å².